The van der Waals surface area contributed by atoms with Crippen molar-refractivity contribution in [1.29, 1.82) is 0 Å². The van der Waals surface area contributed by atoms with E-state index >= 15 is 0 Å². The van der Waals surface area contributed by atoms with E-state index in [1.54, 1.807) is 20.8 Å². The number of anilines is 1. The first kappa shape index (κ1) is 18.9. The Kier molecular flexibility index (Phi) is 4.87. The van der Waals surface area contributed by atoms with Gasteiger partial charge in [0.2, 0.25) is 0 Å². The zero-order chi connectivity index (χ0) is 19.0. The minimum Gasteiger partial charge on any atom is -0.464 e. The molecule has 2 N–H and O–H groups in total. The first-order valence-corrected chi connectivity index (χ1v) is 7.65. The van der Waals surface area contributed by atoms with Gasteiger partial charge in [0.25, 0.3) is 5.92 Å². The van der Waals surface area contributed by atoms with Crippen LogP contribution < -0.4 is 5.73 Å². The number of hydrogen-bond donors (Lipinski definition) is 1. The summed E-state index contributed by atoms with van der Waals surface area (Å²) >= 11 is 0. The number of methoxy groups -OCH3 is 1. The van der Waals surface area contributed by atoms with Crippen molar-refractivity contribution in [3.05, 3.63) is 23.5 Å². The standard InChI is InChI=1S/C16H21F2N3O4/c1-15(2,3)25-14(23)21-8-16(17,18)6-12(21)9-5-11(13(22)24-4)20-7-10(9)19/h5,7,12H,6,8,19H2,1-4H3/t12-/m1/s1. The number of carbonyl (C=O) groups excluding carboxylic acids is 2. The molecule has 1 aliphatic rings. The molecule has 9 heteroatoms. The van der Waals surface area contributed by atoms with Crippen molar-refractivity contribution in [2.75, 3.05) is 19.4 Å². The molecule has 7 nitrogen and oxygen atoms in total. The van der Waals surface area contributed by atoms with Crippen molar-refractivity contribution in [2.24, 2.45) is 0 Å². The Hall–Kier alpha value is -2.45. The fourth-order valence-electron chi connectivity index (χ4n) is 2.59. The lowest BCUT2D eigenvalue weighted by molar-refractivity contribution is -0.00243. The third-order valence-electron chi connectivity index (χ3n) is 3.62. The van der Waals surface area contributed by atoms with Gasteiger partial charge in [-0.3, -0.25) is 4.90 Å². The zero-order valence-electron chi connectivity index (χ0n) is 14.5. The predicted octanol–water partition coefficient (Wildman–Crippen LogP) is 2.77. The second kappa shape index (κ2) is 6.45. The first-order chi connectivity index (χ1) is 11.4. The Morgan fingerprint density at radius 1 is 1.40 bits per heavy atom. The van der Waals surface area contributed by atoms with E-state index in [1.165, 1.54) is 19.4 Å². The summed E-state index contributed by atoms with van der Waals surface area (Å²) in [5.41, 5.74) is 5.25. The highest BCUT2D eigenvalue weighted by Gasteiger charge is 2.49. The van der Waals surface area contributed by atoms with Gasteiger partial charge in [-0.05, 0) is 26.8 Å². The number of alkyl halides is 2. The van der Waals surface area contributed by atoms with Crippen LogP contribution in [0.3, 0.4) is 0 Å². The summed E-state index contributed by atoms with van der Waals surface area (Å²) in [6.45, 7) is 4.14. The van der Waals surface area contributed by atoms with Crippen LogP contribution in [0.2, 0.25) is 0 Å². The van der Waals surface area contributed by atoms with Crippen molar-refractivity contribution in [1.82, 2.24) is 9.88 Å². The summed E-state index contributed by atoms with van der Waals surface area (Å²) in [6, 6.07) is 0.237. The van der Waals surface area contributed by atoms with Crippen LogP contribution in [-0.2, 0) is 9.47 Å². The highest BCUT2D eigenvalue weighted by atomic mass is 19.3. The lowest BCUT2D eigenvalue weighted by Gasteiger charge is -2.28. The summed E-state index contributed by atoms with van der Waals surface area (Å²) in [4.78, 5) is 28.7. The number of aromatic nitrogens is 1. The van der Waals surface area contributed by atoms with Crippen LogP contribution >= 0.6 is 0 Å². The van der Waals surface area contributed by atoms with Gasteiger partial charge in [0, 0.05) is 12.0 Å². The lowest BCUT2D eigenvalue weighted by atomic mass is 10.0. The molecule has 1 amide bonds. The highest BCUT2D eigenvalue weighted by Crippen LogP contribution is 2.43. The monoisotopic (exact) mass is 357 g/mol. The molecule has 0 saturated carbocycles. The van der Waals surface area contributed by atoms with E-state index in [0.717, 1.165) is 4.90 Å². The molecule has 1 saturated heterocycles. The fraction of sp³-hybridized carbons (Fsp3) is 0.562. The zero-order valence-corrected chi connectivity index (χ0v) is 14.5. The summed E-state index contributed by atoms with van der Waals surface area (Å²) in [5, 5.41) is 0. The van der Waals surface area contributed by atoms with E-state index in [2.05, 4.69) is 9.72 Å². The Bertz CT molecular complexity index is 688. The van der Waals surface area contributed by atoms with Gasteiger partial charge < -0.3 is 15.2 Å². The number of likely N-dealkylation sites (tertiary alicyclic amines) is 1. The molecule has 0 aliphatic carbocycles. The molecule has 1 aliphatic heterocycles. The molecule has 0 unspecified atom stereocenters. The molecule has 1 atom stereocenters. The maximum absolute atomic E-state index is 14.0. The fourth-order valence-corrected chi connectivity index (χ4v) is 2.59. The van der Waals surface area contributed by atoms with Gasteiger partial charge in [0.05, 0.1) is 31.6 Å². The van der Waals surface area contributed by atoms with Crippen LogP contribution in [0.25, 0.3) is 0 Å². The average Bonchev–Trinajstić information content (AvgIpc) is 2.81. The Morgan fingerprint density at radius 2 is 2.04 bits per heavy atom. The van der Waals surface area contributed by atoms with Crippen molar-refractivity contribution in [2.45, 2.75) is 44.8 Å². The number of amides is 1. The number of rotatable bonds is 2. The van der Waals surface area contributed by atoms with Gasteiger partial charge in [-0.2, -0.15) is 0 Å². The number of carbonyl (C=O) groups is 2. The maximum atomic E-state index is 14.0. The van der Waals surface area contributed by atoms with Crippen molar-refractivity contribution < 1.29 is 27.8 Å². The van der Waals surface area contributed by atoms with Crippen LogP contribution in [0.1, 0.15) is 49.3 Å². The van der Waals surface area contributed by atoms with Gasteiger partial charge in [0.1, 0.15) is 11.3 Å². The second-order valence-corrected chi connectivity index (χ2v) is 6.87. The predicted molar refractivity (Wildman–Crippen MR) is 85.2 cm³/mol. The quantitative estimate of drug-likeness (QED) is 0.818. The summed E-state index contributed by atoms with van der Waals surface area (Å²) in [6.07, 6.45) is -0.308. The maximum Gasteiger partial charge on any atom is 0.411 e. The van der Waals surface area contributed by atoms with E-state index in [9.17, 15) is 18.4 Å². The van der Waals surface area contributed by atoms with Crippen LogP contribution in [0.5, 0.6) is 0 Å². The van der Waals surface area contributed by atoms with Crippen LogP contribution in [0, 0.1) is 0 Å². The Morgan fingerprint density at radius 3 is 2.60 bits per heavy atom. The molecule has 1 aromatic rings. The normalized spacial score (nSPS) is 19.6. The van der Waals surface area contributed by atoms with Crippen molar-refractivity contribution in [3.8, 4) is 0 Å². The number of nitrogens with zero attached hydrogens (tertiary/aromatic N) is 2. The topological polar surface area (TPSA) is 94.8 Å². The van der Waals surface area contributed by atoms with E-state index in [1.807, 2.05) is 0 Å². The molecule has 0 spiro atoms. The number of nitrogens with two attached hydrogens (primary N) is 1. The largest absolute Gasteiger partial charge is 0.464 e. The molecule has 138 valence electrons. The number of ether oxygens (including phenoxy) is 2. The second-order valence-electron chi connectivity index (χ2n) is 6.87. The minimum absolute atomic E-state index is 0.0777. The van der Waals surface area contributed by atoms with Crippen LogP contribution in [-0.4, -0.2) is 47.1 Å². The molecule has 1 aromatic heterocycles. The molecule has 1 fully saturated rings. The number of nitrogen functional groups attached to an aromatic ring is 1. The summed E-state index contributed by atoms with van der Waals surface area (Å²) in [5.74, 6) is -3.82. The molecule has 2 heterocycles. The third kappa shape index (κ3) is 4.34. The van der Waals surface area contributed by atoms with Gasteiger partial charge in [0.15, 0.2) is 0 Å². The molecular weight excluding hydrogens is 336 g/mol. The average molecular weight is 357 g/mol. The number of pyridine rings is 1. The van der Waals surface area contributed by atoms with Crippen molar-refractivity contribution in [3.63, 3.8) is 0 Å². The minimum atomic E-state index is -3.09. The molecular formula is C16H21F2N3O4. The Labute approximate surface area is 144 Å². The smallest absolute Gasteiger partial charge is 0.411 e. The molecule has 2 rings (SSSR count). The number of hydrogen-bond acceptors (Lipinski definition) is 6. The number of halogens is 2. The van der Waals surface area contributed by atoms with E-state index in [4.69, 9.17) is 10.5 Å². The lowest BCUT2D eigenvalue weighted by Crippen LogP contribution is -2.38. The van der Waals surface area contributed by atoms with Crippen LogP contribution in [0.15, 0.2) is 12.3 Å². The third-order valence-corrected chi connectivity index (χ3v) is 3.62. The van der Waals surface area contributed by atoms with Gasteiger partial charge in [-0.1, -0.05) is 0 Å². The SMILES string of the molecule is COC(=O)c1cc([C@H]2CC(F)(F)CN2C(=O)OC(C)(C)C)c(N)cn1. The number of esters is 1. The molecule has 25 heavy (non-hydrogen) atoms. The molecule has 0 bridgehead atoms. The van der Waals surface area contributed by atoms with Crippen molar-refractivity contribution >= 4 is 17.7 Å². The molecule has 0 radical (unpaired) electrons. The van der Waals surface area contributed by atoms with Crippen LogP contribution in [0.4, 0.5) is 19.3 Å². The van der Waals surface area contributed by atoms with Gasteiger partial charge >= 0.3 is 12.1 Å². The Balaban J connectivity index is 2.40. The van der Waals surface area contributed by atoms with E-state index < -0.39 is 42.6 Å². The van der Waals surface area contributed by atoms with E-state index in [0.29, 0.717) is 0 Å². The van der Waals surface area contributed by atoms with E-state index in [-0.39, 0.29) is 16.9 Å². The molecule has 0 aromatic carbocycles. The summed E-state index contributed by atoms with van der Waals surface area (Å²) < 4.78 is 37.8. The van der Waals surface area contributed by atoms with Gasteiger partial charge in [-0.15, -0.1) is 0 Å². The summed E-state index contributed by atoms with van der Waals surface area (Å²) in [7, 11) is 1.18. The first-order valence-electron chi connectivity index (χ1n) is 7.65. The highest BCUT2D eigenvalue weighted by molar-refractivity contribution is 5.87. The van der Waals surface area contributed by atoms with Gasteiger partial charge in [-0.25, -0.2) is 23.4 Å².